The van der Waals surface area contributed by atoms with Gasteiger partial charge >= 0.3 is 0 Å². The van der Waals surface area contributed by atoms with Crippen LogP contribution in [0.2, 0.25) is 0 Å². The summed E-state index contributed by atoms with van der Waals surface area (Å²) in [5.41, 5.74) is 53.4. The molecule has 0 unspecified atom stereocenters. The zero-order valence-electron chi connectivity index (χ0n) is 66.5. The fourth-order valence-corrected chi connectivity index (χ4v) is 22.9. The minimum atomic E-state index is 0.872. The van der Waals surface area contributed by atoms with Crippen LogP contribution in [0, 0.1) is 0 Å². The fourth-order valence-electron chi connectivity index (χ4n) is 22.9. The van der Waals surface area contributed by atoms with Crippen molar-refractivity contribution in [1.29, 1.82) is 0 Å². The fraction of sp³-hybridized carbons (Fsp3) is 0.0741. The third kappa shape index (κ3) is 8.98. The molecule has 0 atom stereocenters. The molecule has 8 aliphatic carbocycles. The summed E-state index contributed by atoms with van der Waals surface area (Å²) < 4.78 is 9.40. The standard InChI is InChI=1S/4C27H16N4/c1-2-5-17-15(4-1)12-20-18(17)8-7-16-13-22-26(24(16)20)31-23-9-11-28-14-21(23)25-19(27(31)30-22)6-3-10-29-25;1-2-5-17-15(4-1)12-20-18(17)8-7-16-13-22-26(24(16)20)31-23-9-11-28-14-21(23)19-6-3-10-29-25(19)27(31)30-22;1-2-4-17-15(3-1)11-20-18(17)6-5-16-12-23-26(25(16)20)31-24-8-10-29-14-22(24)21-13-28-9-7-19(21)27(31)30-23;1-2-4-17-15(3-1)11-20-18(17)6-5-16-12-23-26(25(16)20)31-24-8-10-29-13-21(24)19-7-9-28-14-22(19)27(31)30-23/h2*1-11,14H,12-13H2;2*1-10,13-14H,11-12H2. The van der Waals surface area contributed by atoms with Gasteiger partial charge in [0.15, 0.2) is 5.65 Å². The van der Waals surface area contributed by atoms with Crippen LogP contribution in [0.15, 0.2) is 293 Å². The number of benzene rings is 8. The molecule has 0 radical (unpaired) electrons. The van der Waals surface area contributed by atoms with Gasteiger partial charge in [0.25, 0.3) is 0 Å². The number of fused-ring (bicyclic) bond motifs is 56. The Morgan fingerprint density at radius 2 is 0.508 bits per heavy atom. The first-order chi connectivity index (χ1) is 61.5. The van der Waals surface area contributed by atoms with E-state index in [1.165, 1.54) is 162 Å². The molecule has 16 heterocycles. The summed E-state index contributed by atoms with van der Waals surface area (Å²) in [6, 6.07) is 74.4. The first kappa shape index (κ1) is 66.7. The number of nitrogens with zero attached hydrogens (tertiary/aromatic N) is 16. The molecule has 16 heteroatoms. The minimum Gasteiger partial charge on any atom is -0.291 e. The molecule has 0 saturated carbocycles. The van der Waals surface area contributed by atoms with Crippen molar-refractivity contribution in [3.63, 3.8) is 0 Å². The van der Waals surface area contributed by atoms with E-state index in [2.05, 4.69) is 247 Å². The van der Waals surface area contributed by atoms with Gasteiger partial charge in [0, 0.05) is 183 Å². The van der Waals surface area contributed by atoms with Gasteiger partial charge in [-0.15, -0.1) is 0 Å². The number of imidazole rings is 4. The predicted octanol–water partition coefficient (Wildman–Crippen LogP) is 22.3. The summed E-state index contributed by atoms with van der Waals surface area (Å²) >= 11 is 0. The Morgan fingerprint density at radius 1 is 0.194 bits per heavy atom. The van der Waals surface area contributed by atoms with Crippen molar-refractivity contribution in [3.05, 3.63) is 383 Å². The van der Waals surface area contributed by atoms with Crippen LogP contribution in [-0.4, -0.2) is 77.4 Å². The number of hydrogen-bond donors (Lipinski definition) is 0. The molecule has 16 nitrogen and oxygen atoms in total. The highest BCUT2D eigenvalue weighted by molar-refractivity contribution is 6.16. The van der Waals surface area contributed by atoms with Crippen molar-refractivity contribution >= 4 is 110 Å². The van der Waals surface area contributed by atoms with E-state index in [4.69, 9.17) is 24.9 Å². The minimum absolute atomic E-state index is 0.872. The summed E-state index contributed by atoms with van der Waals surface area (Å²) in [6.07, 6.45) is 34.0. The molecule has 8 aromatic carbocycles. The maximum Gasteiger partial charge on any atom is 0.164 e. The molecule has 32 rings (SSSR count). The first-order valence-corrected chi connectivity index (χ1v) is 42.5. The van der Waals surface area contributed by atoms with Gasteiger partial charge in [-0.25, -0.2) is 19.9 Å². The topological polar surface area (TPSA) is 172 Å². The molecule has 8 aliphatic rings. The Balaban J connectivity index is 0.0000000828. The van der Waals surface area contributed by atoms with Gasteiger partial charge in [0.05, 0.1) is 73.1 Å². The van der Waals surface area contributed by atoms with E-state index in [1.54, 1.807) is 0 Å². The van der Waals surface area contributed by atoms with Crippen molar-refractivity contribution in [2.45, 2.75) is 51.4 Å². The van der Waals surface area contributed by atoms with Gasteiger partial charge in [-0.05, 0) is 197 Å². The van der Waals surface area contributed by atoms with E-state index in [0.29, 0.717) is 0 Å². The number of rotatable bonds is 0. The summed E-state index contributed by atoms with van der Waals surface area (Å²) in [4.78, 5) is 56.5. The molecular weight excluding hydrogens is 1520 g/mol. The third-order valence-electron chi connectivity index (χ3n) is 27.9. The number of pyridine rings is 12. The smallest absolute Gasteiger partial charge is 0.164 e. The molecule has 24 aromatic rings. The molecular formula is C108H64N16. The average Bonchev–Trinajstić information content (AvgIpc) is 1.55. The molecule has 16 aromatic heterocycles. The molecule has 0 spiro atoms. The Labute approximate surface area is 706 Å². The molecule has 0 amide bonds. The normalized spacial score (nSPS) is 13.5. The van der Waals surface area contributed by atoms with Gasteiger partial charge < -0.3 is 0 Å². The van der Waals surface area contributed by atoms with Gasteiger partial charge in [-0.1, -0.05) is 152 Å². The summed E-state index contributed by atoms with van der Waals surface area (Å²) in [5.74, 6) is 0. The van der Waals surface area contributed by atoms with Crippen LogP contribution < -0.4 is 0 Å². The molecule has 124 heavy (non-hydrogen) atoms. The lowest BCUT2D eigenvalue weighted by Gasteiger charge is -2.13. The zero-order valence-corrected chi connectivity index (χ0v) is 66.5. The Kier molecular flexibility index (Phi) is 13.3. The maximum atomic E-state index is 5.18. The second-order valence-electron chi connectivity index (χ2n) is 34.0. The Hall–Kier alpha value is -16.2. The van der Waals surface area contributed by atoms with Crippen LogP contribution in [0.3, 0.4) is 0 Å². The van der Waals surface area contributed by atoms with Gasteiger partial charge in [0.1, 0.15) is 22.5 Å². The lowest BCUT2D eigenvalue weighted by molar-refractivity contribution is 1.16. The zero-order chi connectivity index (χ0) is 80.4. The summed E-state index contributed by atoms with van der Waals surface area (Å²) in [6.45, 7) is 0. The number of hydrogen-bond acceptors (Lipinski definition) is 12. The van der Waals surface area contributed by atoms with E-state index >= 15 is 0 Å². The lowest BCUT2D eigenvalue weighted by atomic mass is 9.97. The monoisotopic (exact) mass is 1580 g/mol. The second kappa shape index (κ2) is 24.7. The summed E-state index contributed by atoms with van der Waals surface area (Å²) in [7, 11) is 0. The van der Waals surface area contributed by atoms with Gasteiger partial charge in [-0.2, -0.15) is 0 Å². The van der Waals surface area contributed by atoms with E-state index in [1.807, 2.05) is 98.9 Å². The molecule has 0 N–H and O–H groups in total. The Bertz CT molecular complexity index is 8010. The van der Waals surface area contributed by atoms with Crippen molar-refractivity contribution < 1.29 is 0 Å². The molecule has 0 fully saturated rings. The van der Waals surface area contributed by atoms with E-state index in [-0.39, 0.29) is 0 Å². The molecule has 0 bridgehead atoms. The molecule has 0 saturated heterocycles. The van der Waals surface area contributed by atoms with Crippen LogP contribution >= 0.6 is 0 Å². The van der Waals surface area contributed by atoms with Crippen molar-refractivity contribution in [2.24, 2.45) is 0 Å². The number of aromatic nitrogens is 16. The highest BCUT2D eigenvalue weighted by atomic mass is 15.1. The van der Waals surface area contributed by atoms with E-state index in [9.17, 15) is 0 Å². The second-order valence-corrected chi connectivity index (χ2v) is 34.0. The van der Waals surface area contributed by atoms with Crippen molar-refractivity contribution in [3.8, 4) is 89.5 Å². The maximum absolute atomic E-state index is 5.18. The largest absolute Gasteiger partial charge is 0.291 e. The van der Waals surface area contributed by atoms with Crippen LogP contribution in [0.1, 0.15) is 89.5 Å². The van der Waals surface area contributed by atoms with Gasteiger partial charge in [-0.3, -0.25) is 57.5 Å². The van der Waals surface area contributed by atoms with Crippen LogP contribution in [0.5, 0.6) is 0 Å². The third-order valence-corrected chi connectivity index (χ3v) is 27.9. The van der Waals surface area contributed by atoms with Crippen LogP contribution in [0.25, 0.3) is 199 Å². The SMILES string of the molecule is c1ccc2c(c1)Cc1c-2ccc2c1-c1c(nc3c4cccnc4c4cnccc4n13)C2.c1ccc2c(c1)Cc1c-2ccc2c1-c1c(nc3c4ccncc4c4cnccc4n13)C2.c1ccc2c(c1)Cc1c-2ccc2c1-c1c(nc3c4cnccc4c4cnccc4n13)C2.c1ccc2c(c1)Cc1c-2ccc2c1-c1c(nc3c4ncccc4c4cnccc4n13)C2. The average molecular weight is 1590 g/mol. The summed E-state index contributed by atoms with van der Waals surface area (Å²) in [5, 5.41) is 11.1. The lowest BCUT2D eigenvalue weighted by Crippen LogP contribution is -1.97. The quantitative estimate of drug-likeness (QED) is 0.132. The van der Waals surface area contributed by atoms with E-state index < -0.39 is 0 Å². The van der Waals surface area contributed by atoms with Crippen LogP contribution in [-0.2, 0) is 51.4 Å². The van der Waals surface area contributed by atoms with Gasteiger partial charge in [0.2, 0.25) is 0 Å². The predicted molar refractivity (Wildman–Crippen MR) is 489 cm³/mol. The molecule has 0 aliphatic heterocycles. The first-order valence-electron chi connectivity index (χ1n) is 42.5. The highest BCUT2D eigenvalue weighted by Gasteiger charge is 2.39. The Morgan fingerprint density at radius 3 is 0.944 bits per heavy atom. The van der Waals surface area contributed by atoms with E-state index in [0.717, 1.165) is 178 Å². The molecule has 576 valence electrons. The van der Waals surface area contributed by atoms with Crippen LogP contribution in [0.4, 0.5) is 0 Å². The highest BCUT2D eigenvalue weighted by Crippen LogP contribution is 2.55. The van der Waals surface area contributed by atoms with Crippen molar-refractivity contribution in [1.82, 2.24) is 77.4 Å². The van der Waals surface area contributed by atoms with Crippen molar-refractivity contribution in [2.75, 3.05) is 0 Å².